The first-order chi connectivity index (χ1) is 11.5. The minimum atomic E-state index is -3.44. The number of nitrogens with zero attached hydrogens (tertiary/aromatic N) is 2. The number of amides is 1. The van der Waals surface area contributed by atoms with Gasteiger partial charge in [0.1, 0.15) is 0 Å². The van der Waals surface area contributed by atoms with E-state index in [2.05, 4.69) is 20.5 Å². The van der Waals surface area contributed by atoms with Crippen LogP contribution in [0, 0.1) is 0 Å². The molecule has 122 valence electrons. The molecule has 1 unspecified atom stereocenters. The van der Waals surface area contributed by atoms with Gasteiger partial charge in [0.25, 0.3) is 5.91 Å². The second-order valence-electron chi connectivity index (χ2n) is 5.59. The lowest BCUT2D eigenvalue weighted by molar-refractivity contribution is 0.102. The molecule has 3 heterocycles. The third kappa shape index (κ3) is 2.25. The van der Waals surface area contributed by atoms with Gasteiger partial charge in [-0.05, 0) is 23.8 Å². The number of aromatic amines is 1. The van der Waals surface area contributed by atoms with Gasteiger partial charge in [-0.25, -0.2) is 13.4 Å². The largest absolute Gasteiger partial charge is 0.323 e. The van der Waals surface area contributed by atoms with Crippen LogP contribution < -0.4 is 11.1 Å². The van der Waals surface area contributed by atoms with Gasteiger partial charge in [-0.3, -0.25) is 9.89 Å². The van der Waals surface area contributed by atoms with Crippen molar-refractivity contribution < 1.29 is 13.2 Å². The number of H-pyrrole nitrogens is 1. The third-order valence-corrected chi connectivity index (χ3v) is 5.83. The van der Waals surface area contributed by atoms with Crippen LogP contribution in [-0.2, 0) is 9.84 Å². The molecule has 2 aromatic heterocycles. The fourth-order valence-electron chi connectivity index (χ4n) is 2.82. The zero-order chi connectivity index (χ0) is 16.9. The van der Waals surface area contributed by atoms with E-state index in [1.165, 1.54) is 6.07 Å². The van der Waals surface area contributed by atoms with Gasteiger partial charge in [0, 0.05) is 17.8 Å². The molecule has 4 rings (SSSR count). The summed E-state index contributed by atoms with van der Waals surface area (Å²) in [6.07, 6.45) is 3.10. The van der Waals surface area contributed by atoms with Gasteiger partial charge in [-0.2, -0.15) is 5.10 Å². The average Bonchev–Trinajstić information content (AvgIpc) is 3.11. The molecular formula is C15H13N5O3S. The first-order valence-electron chi connectivity index (χ1n) is 7.17. The van der Waals surface area contributed by atoms with Crippen molar-refractivity contribution in [3.8, 4) is 0 Å². The number of nitrogens with two attached hydrogens (primary N) is 1. The Balaban J connectivity index is 1.70. The smallest absolute Gasteiger partial charge is 0.255 e. The molecule has 0 saturated carbocycles. The number of hydrogen-bond acceptors (Lipinski definition) is 6. The van der Waals surface area contributed by atoms with Crippen molar-refractivity contribution in [1.82, 2.24) is 15.2 Å². The molecule has 4 N–H and O–H groups in total. The molecule has 1 aliphatic heterocycles. The predicted octanol–water partition coefficient (Wildman–Crippen LogP) is 0.997. The van der Waals surface area contributed by atoms with E-state index in [1.54, 1.807) is 30.6 Å². The Labute approximate surface area is 137 Å². The van der Waals surface area contributed by atoms with Gasteiger partial charge in [-0.15, -0.1) is 0 Å². The number of benzene rings is 1. The lowest BCUT2D eigenvalue weighted by Crippen LogP contribution is -2.13. The van der Waals surface area contributed by atoms with Crippen LogP contribution in [0.1, 0.15) is 22.0 Å². The molecule has 0 radical (unpaired) electrons. The summed E-state index contributed by atoms with van der Waals surface area (Å²) in [5, 5.41) is 10.0. The molecule has 1 aliphatic rings. The molecular weight excluding hydrogens is 330 g/mol. The summed E-state index contributed by atoms with van der Waals surface area (Å²) in [5.41, 5.74) is 7.72. The number of pyridine rings is 1. The van der Waals surface area contributed by atoms with E-state index in [9.17, 15) is 13.2 Å². The molecule has 1 aromatic carbocycles. The molecule has 0 spiro atoms. The number of anilines is 1. The Morgan fingerprint density at radius 2 is 2.17 bits per heavy atom. The predicted molar refractivity (Wildman–Crippen MR) is 87.3 cm³/mol. The summed E-state index contributed by atoms with van der Waals surface area (Å²) in [7, 11) is -3.44. The van der Waals surface area contributed by atoms with Crippen LogP contribution in [0.25, 0.3) is 11.0 Å². The Morgan fingerprint density at radius 1 is 1.33 bits per heavy atom. The number of nitrogens with one attached hydrogen (secondary N) is 2. The highest BCUT2D eigenvalue weighted by atomic mass is 32.2. The Hall–Kier alpha value is -2.78. The molecule has 24 heavy (non-hydrogen) atoms. The van der Waals surface area contributed by atoms with Gasteiger partial charge >= 0.3 is 0 Å². The number of sulfone groups is 1. The number of hydrogen-bond donors (Lipinski definition) is 3. The second-order valence-corrected chi connectivity index (χ2v) is 7.59. The highest BCUT2D eigenvalue weighted by Crippen LogP contribution is 2.32. The molecule has 0 fully saturated rings. The summed E-state index contributed by atoms with van der Waals surface area (Å²) in [4.78, 5) is 16.7. The first-order valence-corrected chi connectivity index (χ1v) is 8.83. The molecule has 1 amide bonds. The SMILES string of the molecule is NC1CS(=O)(=O)c2cc(C(=O)Nc3ccnc4[nH]ncc34)ccc21. The topological polar surface area (TPSA) is 131 Å². The van der Waals surface area contributed by atoms with Crippen LogP contribution in [0.4, 0.5) is 5.69 Å². The highest BCUT2D eigenvalue weighted by molar-refractivity contribution is 7.91. The molecule has 0 aliphatic carbocycles. The van der Waals surface area contributed by atoms with Crippen molar-refractivity contribution in [2.24, 2.45) is 5.73 Å². The Kier molecular flexibility index (Phi) is 3.15. The Morgan fingerprint density at radius 3 is 3.00 bits per heavy atom. The van der Waals surface area contributed by atoms with Crippen LogP contribution in [0.2, 0.25) is 0 Å². The standard InChI is InChI=1S/C15H13N5O3S/c16-11-7-24(22,23)13-5-8(1-2-9(11)13)15(21)19-12-3-4-17-14-10(12)6-18-20-14/h1-6,11H,7,16H2,(H2,17,18,19,20,21). The van der Waals surface area contributed by atoms with Crippen LogP contribution in [-0.4, -0.2) is 35.3 Å². The second kappa shape index (κ2) is 5.11. The molecule has 0 bridgehead atoms. The summed E-state index contributed by atoms with van der Waals surface area (Å²) in [6, 6.07) is 5.64. The maximum atomic E-state index is 12.5. The molecule has 3 aromatic rings. The fraction of sp³-hybridized carbons (Fsp3) is 0.133. The minimum Gasteiger partial charge on any atom is -0.323 e. The lowest BCUT2D eigenvalue weighted by atomic mass is 10.1. The summed E-state index contributed by atoms with van der Waals surface area (Å²) >= 11 is 0. The van der Waals surface area contributed by atoms with Gasteiger partial charge in [0.2, 0.25) is 0 Å². The quantitative estimate of drug-likeness (QED) is 0.636. The van der Waals surface area contributed by atoms with Crippen molar-refractivity contribution >= 4 is 32.5 Å². The number of carbonyl (C=O) groups is 1. The van der Waals surface area contributed by atoms with Crippen molar-refractivity contribution in [1.29, 1.82) is 0 Å². The maximum absolute atomic E-state index is 12.5. The number of fused-ring (bicyclic) bond motifs is 2. The normalized spacial score (nSPS) is 18.5. The maximum Gasteiger partial charge on any atom is 0.255 e. The first kappa shape index (κ1) is 14.8. The van der Waals surface area contributed by atoms with Crippen molar-refractivity contribution in [2.75, 3.05) is 11.1 Å². The Bertz CT molecular complexity index is 1070. The third-order valence-electron chi connectivity index (χ3n) is 4.01. The molecule has 0 saturated heterocycles. The van der Waals surface area contributed by atoms with Gasteiger partial charge in [0.15, 0.2) is 15.5 Å². The summed E-state index contributed by atoms with van der Waals surface area (Å²) < 4.78 is 24.2. The van der Waals surface area contributed by atoms with E-state index in [0.717, 1.165) is 0 Å². The van der Waals surface area contributed by atoms with Gasteiger partial charge in [0.05, 0.1) is 27.9 Å². The number of carbonyl (C=O) groups excluding carboxylic acids is 1. The fourth-order valence-corrected chi connectivity index (χ4v) is 4.54. The number of aromatic nitrogens is 3. The molecule has 8 nitrogen and oxygen atoms in total. The molecule has 9 heteroatoms. The van der Waals surface area contributed by atoms with Crippen molar-refractivity contribution in [3.05, 3.63) is 47.8 Å². The summed E-state index contributed by atoms with van der Waals surface area (Å²) in [5.74, 6) is -0.546. The zero-order valence-electron chi connectivity index (χ0n) is 12.4. The van der Waals surface area contributed by atoms with E-state index in [4.69, 9.17) is 5.73 Å². The van der Waals surface area contributed by atoms with Crippen LogP contribution in [0.3, 0.4) is 0 Å². The van der Waals surface area contributed by atoms with Crippen molar-refractivity contribution in [3.63, 3.8) is 0 Å². The van der Waals surface area contributed by atoms with E-state index in [0.29, 0.717) is 22.3 Å². The van der Waals surface area contributed by atoms with Gasteiger partial charge < -0.3 is 11.1 Å². The van der Waals surface area contributed by atoms with E-state index in [1.807, 2.05) is 0 Å². The van der Waals surface area contributed by atoms with Crippen LogP contribution in [0.5, 0.6) is 0 Å². The van der Waals surface area contributed by atoms with E-state index in [-0.39, 0.29) is 16.2 Å². The number of rotatable bonds is 2. The highest BCUT2D eigenvalue weighted by Gasteiger charge is 2.33. The minimum absolute atomic E-state index is 0.130. The monoisotopic (exact) mass is 343 g/mol. The van der Waals surface area contributed by atoms with E-state index < -0.39 is 21.8 Å². The average molecular weight is 343 g/mol. The van der Waals surface area contributed by atoms with Crippen LogP contribution in [0.15, 0.2) is 41.6 Å². The van der Waals surface area contributed by atoms with Crippen LogP contribution >= 0.6 is 0 Å². The summed E-state index contributed by atoms with van der Waals surface area (Å²) in [6.45, 7) is 0. The van der Waals surface area contributed by atoms with Gasteiger partial charge in [-0.1, -0.05) is 6.07 Å². The molecule has 1 atom stereocenters. The van der Waals surface area contributed by atoms with Crippen molar-refractivity contribution in [2.45, 2.75) is 10.9 Å². The zero-order valence-corrected chi connectivity index (χ0v) is 13.2. The van der Waals surface area contributed by atoms with E-state index >= 15 is 0 Å². The lowest BCUT2D eigenvalue weighted by Gasteiger charge is -2.08.